The molecule has 0 radical (unpaired) electrons. The number of carbonyl (C=O) groups excluding carboxylic acids is 1. The summed E-state index contributed by atoms with van der Waals surface area (Å²) in [6, 6.07) is 0. The van der Waals surface area contributed by atoms with Gasteiger partial charge in [-0.3, -0.25) is 4.79 Å². The molecule has 0 aromatic carbocycles. The number of ketones is 1. The summed E-state index contributed by atoms with van der Waals surface area (Å²) < 4.78 is 0. The first-order valence-electron chi connectivity index (χ1n) is 12.5. The van der Waals surface area contributed by atoms with Crippen molar-refractivity contribution in [1.29, 1.82) is 0 Å². The predicted octanol–water partition coefficient (Wildman–Crippen LogP) is 7.60. The zero-order valence-corrected chi connectivity index (χ0v) is 19.2. The number of hydrogen-bond acceptors (Lipinski definition) is 1. The molecule has 0 aromatic rings. The summed E-state index contributed by atoms with van der Waals surface area (Å²) in [5, 5.41) is 0. The SMILES string of the molecule is CC(C)CCC[C@@H](C)[C@H]1CC[C@H]2[C@@H]3CCC4=CCCC(=O)[C@]4(C)[C@H]3CC[C@]12C. The molecule has 28 heavy (non-hydrogen) atoms. The Morgan fingerprint density at radius 3 is 2.54 bits per heavy atom. The molecule has 1 heteroatoms. The van der Waals surface area contributed by atoms with Gasteiger partial charge in [0.2, 0.25) is 0 Å². The van der Waals surface area contributed by atoms with Crippen molar-refractivity contribution in [3.05, 3.63) is 11.6 Å². The fraction of sp³-hybridized carbons (Fsp3) is 0.889. The van der Waals surface area contributed by atoms with Crippen molar-refractivity contribution in [1.82, 2.24) is 0 Å². The molecule has 4 aliphatic rings. The van der Waals surface area contributed by atoms with Crippen LogP contribution in [0.2, 0.25) is 0 Å². The van der Waals surface area contributed by atoms with Crippen LogP contribution in [-0.2, 0) is 4.79 Å². The average molecular weight is 385 g/mol. The Balaban J connectivity index is 1.51. The molecular weight excluding hydrogens is 340 g/mol. The zero-order chi connectivity index (χ0) is 20.1. The van der Waals surface area contributed by atoms with E-state index >= 15 is 0 Å². The highest BCUT2D eigenvalue weighted by atomic mass is 16.1. The van der Waals surface area contributed by atoms with Gasteiger partial charge in [-0.15, -0.1) is 0 Å². The van der Waals surface area contributed by atoms with Crippen LogP contribution in [-0.4, -0.2) is 5.78 Å². The van der Waals surface area contributed by atoms with Crippen molar-refractivity contribution in [3.63, 3.8) is 0 Å². The summed E-state index contributed by atoms with van der Waals surface area (Å²) in [5.74, 6) is 5.50. The molecule has 0 unspecified atom stereocenters. The van der Waals surface area contributed by atoms with Crippen LogP contribution in [0, 0.1) is 46.3 Å². The van der Waals surface area contributed by atoms with Crippen molar-refractivity contribution in [2.24, 2.45) is 46.3 Å². The Kier molecular flexibility index (Phi) is 5.60. The first kappa shape index (κ1) is 20.7. The molecule has 1 nitrogen and oxygen atoms in total. The van der Waals surface area contributed by atoms with Gasteiger partial charge in [-0.05, 0) is 92.8 Å². The van der Waals surface area contributed by atoms with E-state index < -0.39 is 0 Å². The average Bonchev–Trinajstić information content (AvgIpc) is 3.00. The molecule has 0 amide bonds. The third kappa shape index (κ3) is 3.14. The minimum absolute atomic E-state index is 0.108. The van der Waals surface area contributed by atoms with E-state index in [1.165, 1.54) is 63.4 Å². The maximum atomic E-state index is 13.1. The highest BCUT2D eigenvalue weighted by Crippen LogP contribution is 2.67. The smallest absolute Gasteiger partial charge is 0.143 e. The van der Waals surface area contributed by atoms with E-state index in [-0.39, 0.29) is 5.41 Å². The third-order valence-electron chi connectivity index (χ3n) is 10.1. The van der Waals surface area contributed by atoms with Gasteiger partial charge >= 0.3 is 0 Å². The monoisotopic (exact) mass is 384 g/mol. The fourth-order valence-electron chi connectivity index (χ4n) is 8.59. The summed E-state index contributed by atoms with van der Waals surface area (Å²) >= 11 is 0. The second-order valence-electron chi connectivity index (χ2n) is 11.8. The summed E-state index contributed by atoms with van der Waals surface area (Å²) in [7, 11) is 0. The Bertz CT molecular complexity index is 630. The Hall–Kier alpha value is -0.590. The molecule has 0 bridgehead atoms. The summed E-state index contributed by atoms with van der Waals surface area (Å²) in [5.41, 5.74) is 1.95. The normalized spacial score (nSPS) is 43.9. The van der Waals surface area contributed by atoms with Gasteiger partial charge in [-0.2, -0.15) is 0 Å². The lowest BCUT2D eigenvalue weighted by molar-refractivity contribution is -0.137. The van der Waals surface area contributed by atoms with Crippen LogP contribution >= 0.6 is 0 Å². The summed E-state index contributed by atoms with van der Waals surface area (Å²) in [6.45, 7) is 12.3. The molecule has 0 spiro atoms. The van der Waals surface area contributed by atoms with Gasteiger partial charge in [0, 0.05) is 6.42 Å². The number of hydrogen-bond donors (Lipinski definition) is 0. The Labute approximate surface area is 174 Å². The van der Waals surface area contributed by atoms with E-state index in [2.05, 4.69) is 40.7 Å². The second kappa shape index (κ2) is 7.59. The van der Waals surface area contributed by atoms with E-state index in [9.17, 15) is 4.79 Å². The lowest BCUT2D eigenvalue weighted by Gasteiger charge is -2.58. The Morgan fingerprint density at radius 2 is 1.79 bits per heavy atom. The van der Waals surface area contributed by atoms with E-state index in [4.69, 9.17) is 0 Å². The first-order valence-corrected chi connectivity index (χ1v) is 12.5. The van der Waals surface area contributed by atoms with Crippen LogP contribution in [0.3, 0.4) is 0 Å². The maximum Gasteiger partial charge on any atom is 0.143 e. The first-order chi connectivity index (χ1) is 13.3. The molecule has 0 N–H and O–H groups in total. The van der Waals surface area contributed by atoms with E-state index in [0.717, 1.165) is 42.4 Å². The van der Waals surface area contributed by atoms with Crippen LogP contribution in [0.15, 0.2) is 11.6 Å². The lowest BCUT2D eigenvalue weighted by atomic mass is 9.46. The highest BCUT2D eigenvalue weighted by Gasteiger charge is 2.60. The number of Topliss-reactive ketones (excluding diaryl/α,β-unsaturated/α-hetero) is 1. The number of rotatable bonds is 5. The van der Waals surface area contributed by atoms with Gasteiger partial charge < -0.3 is 0 Å². The topological polar surface area (TPSA) is 17.1 Å². The number of fused-ring (bicyclic) bond motifs is 5. The fourth-order valence-corrected chi connectivity index (χ4v) is 8.59. The van der Waals surface area contributed by atoms with Crippen molar-refractivity contribution in [3.8, 4) is 0 Å². The molecule has 0 heterocycles. The zero-order valence-electron chi connectivity index (χ0n) is 19.2. The van der Waals surface area contributed by atoms with Crippen molar-refractivity contribution in [2.45, 2.75) is 105 Å². The summed E-state index contributed by atoms with van der Waals surface area (Å²) in [4.78, 5) is 13.1. The van der Waals surface area contributed by atoms with Gasteiger partial charge in [0.05, 0.1) is 5.41 Å². The van der Waals surface area contributed by atoms with Crippen LogP contribution < -0.4 is 0 Å². The standard InChI is InChI=1S/C27H44O/c1-18(2)8-6-9-19(3)22-14-15-23-21-13-12-20-10-7-11-25(28)27(20,5)24(21)16-17-26(22,23)4/h10,18-19,21-24H,6-9,11-17H2,1-5H3/t19-,21+,22-,23+,24+,26-,27+/m1/s1. The maximum absolute atomic E-state index is 13.1. The molecule has 0 saturated heterocycles. The molecular formula is C27H44O. The van der Waals surface area contributed by atoms with Crippen molar-refractivity contribution < 1.29 is 4.79 Å². The van der Waals surface area contributed by atoms with Gasteiger partial charge in [-0.25, -0.2) is 0 Å². The van der Waals surface area contributed by atoms with E-state index in [1.807, 2.05) is 0 Å². The van der Waals surface area contributed by atoms with Gasteiger partial charge in [0.25, 0.3) is 0 Å². The molecule has 4 aliphatic carbocycles. The second-order valence-corrected chi connectivity index (χ2v) is 11.8. The van der Waals surface area contributed by atoms with Gasteiger partial charge in [0.15, 0.2) is 0 Å². The van der Waals surface area contributed by atoms with E-state index in [0.29, 0.717) is 17.1 Å². The largest absolute Gasteiger partial charge is 0.299 e. The van der Waals surface area contributed by atoms with Crippen molar-refractivity contribution >= 4 is 5.78 Å². The van der Waals surface area contributed by atoms with Gasteiger partial charge in [-0.1, -0.05) is 58.6 Å². The third-order valence-corrected chi connectivity index (χ3v) is 10.1. The number of carbonyl (C=O) groups is 1. The Morgan fingerprint density at radius 1 is 1.00 bits per heavy atom. The number of allylic oxidation sites excluding steroid dienone is 2. The summed E-state index contributed by atoms with van der Waals surface area (Å²) in [6.07, 6.45) is 16.5. The highest BCUT2D eigenvalue weighted by molar-refractivity contribution is 5.89. The molecule has 0 aliphatic heterocycles. The van der Waals surface area contributed by atoms with E-state index in [1.54, 1.807) is 0 Å². The van der Waals surface area contributed by atoms with Gasteiger partial charge in [0.1, 0.15) is 5.78 Å². The quantitative estimate of drug-likeness (QED) is 0.446. The van der Waals surface area contributed by atoms with Crippen molar-refractivity contribution in [2.75, 3.05) is 0 Å². The van der Waals surface area contributed by atoms with Crippen LogP contribution in [0.4, 0.5) is 0 Å². The molecule has 3 saturated carbocycles. The van der Waals surface area contributed by atoms with Crippen LogP contribution in [0.5, 0.6) is 0 Å². The van der Waals surface area contributed by atoms with Crippen LogP contribution in [0.25, 0.3) is 0 Å². The molecule has 7 atom stereocenters. The molecule has 3 fully saturated rings. The predicted molar refractivity (Wildman–Crippen MR) is 118 cm³/mol. The minimum Gasteiger partial charge on any atom is -0.299 e. The minimum atomic E-state index is -0.108. The molecule has 4 rings (SSSR count). The van der Waals surface area contributed by atoms with Crippen LogP contribution in [0.1, 0.15) is 105 Å². The molecule has 0 aromatic heterocycles. The molecule has 158 valence electrons. The lowest BCUT2D eigenvalue weighted by Crippen LogP contribution is -2.53.